The van der Waals surface area contributed by atoms with Crippen molar-refractivity contribution in [1.82, 2.24) is 0 Å². The van der Waals surface area contributed by atoms with Gasteiger partial charge in [-0.25, -0.2) is 0 Å². The van der Waals surface area contributed by atoms with Crippen molar-refractivity contribution in [2.75, 3.05) is 32.8 Å². The van der Waals surface area contributed by atoms with Crippen LogP contribution in [0.3, 0.4) is 0 Å². The molecule has 2 rings (SSSR count). The zero-order chi connectivity index (χ0) is 13.6. The van der Waals surface area contributed by atoms with Crippen molar-refractivity contribution in [3.8, 4) is 0 Å². The minimum absolute atomic E-state index is 0.0885. The fourth-order valence-electron chi connectivity index (χ4n) is 2.51. The zero-order valence-electron chi connectivity index (χ0n) is 11.6. The molecule has 3 nitrogen and oxygen atoms in total. The SMILES string of the molecule is C[N+]1(Cc2ccccc2)CCCC(OCCCl)OC1. The van der Waals surface area contributed by atoms with Crippen molar-refractivity contribution in [3.05, 3.63) is 35.9 Å². The maximum absolute atomic E-state index is 5.88. The van der Waals surface area contributed by atoms with Gasteiger partial charge in [0.05, 0.1) is 20.2 Å². The first-order valence-electron chi connectivity index (χ1n) is 6.88. The third kappa shape index (κ3) is 4.77. The molecule has 0 amide bonds. The van der Waals surface area contributed by atoms with Gasteiger partial charge in [0.2, 0.25) is 0 Å². The molecular weight excluding hydrogens is 262 g/mol. The Morgan fingerprint density at radius 3 is 2.89 bits per heavy atom. The highest BCUT2D eigenvalue weighted by Gasteiger charge is 2.28. The standard InChI is InChI=1S/C15H23ClNO2/c1-17(12-14-6-3-2-4-7-14)10-5-8-15(19-13-17)18-11-9-16/h2-4,6-7,15H,5,8-13H2,1H3/q+1. The molecule has 0 aliphatic carbocycles. The quantitative estimate of drug-likeness (QED) is 0.611. The van der Waals surface area contributed by atoms with E-state index in [0.717, 1.165) is 30.4 Å². The largest absolute Gasteiger partial charge is 0.351 e. The van der Waals surface area contributed by atoms with E-state index in [4.69, 9.17) is 21.1 Å². The molecule has 0 spiro atoms. The van der Waals surface area contributed by atoms with Crippen LogP contribution in [0.2, 0.25) is 0 Å². The van der Waals surface area contributed by atoms with Crippen LogP contribution < -0.4 is 0 Å². The zero-order valence-corrected chi connectivity index (χ0v) is 12.3. The summed E-state index contributed by atoms with van der Waals surface area (Å²) in [6.45, 7) is 3.38. The maximum Gasteiger partial charge on any atom is 0.186 e. The molecule has 0 aromatic heterocycles. The Labute approximate surface area is 120 Å². The highest BCUT2D eigenvalue weighted by Crippen LogP contribution is 2.20. The minimum atomic E-state index is -0.0885. The molecule has 2 unspecified atom stereocenters. The minimum Gasteiger partial charge on any atom is -0.351 e. The Morgan fingerprint density at radius 1 is 1.37 bits per heavy atom. The average Bonchev–Trinajstić information content (AvgIpc) is 2.60. The van der Waals surface area contributed by atoms with Crippen molar-refractivity contribution in [3.63, 3.8) is 0 Å². The van der Waals surface area contributed by atoms with Gasteiger partial charge in [0.15, 0.2) is 13.0 Å². The summed E-state index contributed by atoms with van der Waals surface area (Å²) in [5.74, 6) is 0.524. The fourth-order valence-corrected chi connectivity index (χ4v) is 2.60. The fraction of sp³-hybridized carbons (Fsp3) is 0.600. The van der Waals surface area contributed by atoms with Crippen LogP contribution in [0, 0.1) is 0 Å². The van der Waals surface area contributed by atoms with Crippen molar-refractivity contribution < 1.29 is 14.0 Å². The van der Waals surface area contributed by atoms with Gasteiger partial charge in [0.25, 0.3) is 0 Å². The van der Waals surface area contributed by atoms with Crippen molar-refractivity contribution >= 4 is 11.6 Å². The average molecular weight is 285 g/mol. The Hall–Kier alpha value is -0.610. The van der Waals surface area contributed by atoms with Crippen LogP contribution in [0.4, 0.5) is 0 Å². The number of hydrogen-bond acceptors (Lipinski definition) is 2. The summed E-state index contributed by atoms with van der Waals surface area (Å²) in [7, 11) is 2.25. The Kier molecular flexibility index (Phi) is 5.64. The number of rotatable bonds is 5. The van der Waals surface area contributed by atoms with E-state index in [0.29, 0.717) is 19.2 Å². The number of benzene rings is 1. The van der Waals surface area contributed by atoms with Gasteiger partial charge in [-0.05, 0) is 0 Å². The Balaban J connectivity index is 1.90. The van der Waals surface area contributed by atoms with E-state index >= 15 is 0 Å². The van der Waals surface area contributed by atoms with Gasteiger partial charge in [-0.15, -0.1) is 11.6 Å². The summed E-state index contributed by atoms with van der Waals surface area (Å²) >= 11 is 5.64. The lowest BCUT2D eigenvalue weighted by atomic mass is 10.2. The molecule has 1 heterocycles. The molecule has 1 aromatic rings. The molecule has 19 heavy (non-hydrogen) atoms. The molecule has 1 aromatic carbocycles. The van der Waals surface area contributed by atoms with Gasteiger partial charge >= 0.3 is 0 Å². The Bertz CT molecular complexity index is 374. The molecule has 0 bridgehead atoms. The van der Waals surface area contributed by atoms with Gasteiger partial charge in [0, 0.05) is 24.3 Å². The van der Waals surface area contributed by atoms with Crippen LogP contribution >= 0.6 is 11.6 Å². The third-order valence-corrected chi connectivity index (χ3v) is 3.65. The number of quaternary nitrogens is 1. The summed E-state index contributed by atoms with van der Waals surface area (Å²) in [4.78, 5) is 0. The van der Waals surface area contributed by atoms with Crippen LogP contribution in [0.1, 0.15) is 18.4 Å². The summed E-state index contributed by atoms with van der Waals surface area (Å²) < 4.78 is 12.4. The summed E-state index contributed by atoms with van der Waals surface area (Å²) in [5, 5.41) is 0. The lowest BCUT2D eigenvalue weighted by molar-refractivity contribution is -0.939. The second kappa shape index (κ2) is 7.25. The molecule has 1 fully saturated rings. The lowest BCUT2D eigenvalue weighted by Crippen LogP contribution is -2.44. The van der Waals surface area contributed by atoms with Crippen molar-refractivity contribution in [2.45, 2.75) is 25.7 Å². The molecule has 1 aliphatic heterocycles. The monoisotopic (exact) mass is 284 g/mol. The molecule has 106 valence electrons. The molecule has 1 saturated heterocycles. The molecule has 4 heteroatoms. The van der Waals surface area contributed by atoms with Gasteiger partial charge < -0.3 is 9.47 Å². The predicted molar refractivity (Wildman–Crippen MR) is 76.8 cm³/mol. The summed E-state index contributed by atoms with van der Waals surface area (Å²) in [6, 6.07) is 10.6. The van der Waals surface area contributed by atoms with E-state index in [2.05, 4.69) is 37.4 Å². The van der Waals surface area contributed by atoms with Crippen LogP contribution in [0.15, 0.2) is 30.3 Å². The van der Waals surface area contributed by atoms with E-state index in [1.54, 1.807) is 0 Å². The van der Waals surface area contributed by atoms with Crippen LogP contribution in [0.25, 0.3) is 0 Å². The lowest BCUT2D eigenvalue weighted by Gasteiger charge is -2.32. The first kappa shape index (κ1) is 14.8. The molecule has 2 atom stereocenters. The highest BCUT2D eigenvalue weighted by atomic mass is 35.5. The number of hydrogen-bond donors (Lipinski definition) is 0. The van der Waals surface area contributed by atoms with E-state index in [-0.39, 0.29) is 6.29 Å². The van der Waals surface area contributed by atoms with Gasteiger partial charge in [-0.3, -0.25) is 4.48 Å². The number of alkyl halides is 1. The van der Waals surface area contributed by atoms with Gasteiger partial charge in [-0.2, -0.15) is 0 Å². The number of halogens is 1. The molecule has 0 saturated carbocycles. The van der Waals surface area contributed by atoms with Crippen LogP contribution in [-0.2, 0) is 16.0 Å². The first-order chi connectivity index (χ1) is 9.22. The van der Waals surface area contributed by atoms with Gasteiger partial charge in [-0.1, -0.05) is 30.3 Å². The second-order valence-corrected chi connectivity index (χ2v) is 5.79. The predicted octanol–water partition coefficient (Wildman–Crippen LogP) is 2.98. The van der Waals surface area contributed by atoms with E-state index < -0.39 is 0 Å². The molecular formula is C15H23ClNO2+. The van der Waals surface area contributed by atoms with Gasteiger partial charge in [0.1, 0.15) is 6.54 Å². The number of ether oxygens (including phenoxy) is 2. The topological polar surface area (TPSA) is 18.5 Å². The third-order valence-electron chi connectivity index (χ3n) is 3.50. The Morgan fingerprint density at radius 2 is 2.16 bits per heavy atom. The normalized spacial score (nSPS) is 28.0. The van der Waals surface area contributed by atoms with Crippen molar-refractivity contribution in [2.24, 2.45) is 0 Å². The molecule has 0 radical (unpaired) electrons. The molecule has 0 N–H and O–H groups in total. The molecule has 1 aliphatic rings. The highest BCUT2D eigenvalue weighted by molar-refractivity contribution is 6.17. The van der Waals surface area contributed by atoms with Crippen LogP contribution in [-0.4, -0.2) is 43.6 Å². The smallest absolute Gasteiger partial charge is 0.186 e. The summed E-state index contributed by atoms with van der Waals surface area (Å²) in [6.07, 6.45) is 1.99. The summed E-state index contributed by atoms with van der Waals surface area (Å²) in [5.41, 5.74) is 1.36. The second-order valence-electron chi connectivity index (χ2n) is 5.41. The van der Waals surface area contributed by atoms with E-state index in [1.165, 1.54) is 5.56 Å². The van der Waals surface area contributed by atoms with Crippen LogP contribution in [0.5, 0.6) is 0 Å². The van der Waals surface area contributed by atoms with Crippen molar-refractivity contribution in [1.29, 1.82) is 0 Å². The first-order valence-corrected chi connectivity index (χ1v) is 7.42. The van der Waals surface area contributed by atoms with E-state index in [1.807, 2.05) is 0 Å². The number of nitrogens with zero attached hydrogens (tertiary/aromatic N) is 1. The van der Waals surface area contributed by atoms with E-state index in [9.17, 15) is 0 Å². The maximum atomic E-state index is 5.88.